The lowest BCUT2D eigenvalue weighted by atomic mass is 9.79. The van der Waals surface area contributed by atoms with E-state index in [1.165, 1.54) is 31.2 Å². The molecule has 1 saturated carbocycles. The number of nitrogens with two attached hydrogens (primary N) is 1. The van der Waals surface area contributed by atoms with Gasteiger partial charge in [0.05, 0.1) is 0 Å². The summed E-state index contributed by atoms with van der Waals surface area (Å²) < 4.78 is 0. The van der Waals surface area contributed by atoms with Crippen molar-refractivity contribution in [3.63, 3.8) is 0 Å². The van der Waals surface area contributed by atoms with Crippen LogP contribution in [-0.4, -0.2) is 6.04 Å². The molecule has 0 aliphatic heterocycles. The summed E-state index contributed by atoms with van der Waals surface area (Å²) in [7, 11) is 0. The topological polar surface area (TPSA) is 26.0 Å². The van der Waals surface area contributed by atoms with Crippen molar-refractivity contribution in [2.45, 2.75) is 38.6 Å². The molecule has 1 fully saturated rings. The van der Waals surface area contributed by atoms with Crippen LogP contribution in [0, 0.1) is 12.3 Å². The zero-order valence-electron chi connectivity index (χ0n) is 8.72. The Morgan fingerprint density at radius 3 is 2.93 bits per heavy atom. The van der Waals surface area contributed by atoms with Crippen LogP contribution in [0.15, 0.2) is 18.2 Å². The second-order valence-corrected chi connectivity index (χ2v) is 5.06. The second-order valence-electron chi connectivity index (χ2n) is 5.06. The van der Waals surface area contributed by atoms with Gasteiger partial charge in [-0.15, -0.1) is 0 Å². The maximum atomic E-state index is 6.04. The number of hydrogen-bond donors (Lipinski definition) is 1. The van der Waals surface area contributed by atoms with E-state index in [1.54, 1.807) is 11.1 Å². The molecule has 0 radical (unpaired) electrons. The molecule has 0 saturated heterocycles. The molecule has 0 aromatic heterocycles. The van der Waals surface area contributed by atoms with Crippen LogP contribution in [0.5, 0.6) is 0 Å². The molecule has 3 rings (SSSR count). The molecule has 0 bridgehead atoms. The fourth-order valence-electron chi connectivity index (χ4n) is 2.94. The van der Waals surface area contributed by atoms with Crippen LogP contribution in [0.3, 0.4) is 0 Å². The van der Waals surface area contributed by atoms with Crippen LogP contribution in [0.2, 0.25) is 0 Å². The van der Waals surface area contributed by atoms with Crippen LogP contribution in [0.25, 0.3) is 0 Å². The fourth-order valence-corrected chi connectivity index (χ4v) is 2.94. The first-order valence-electron chi connectivity index (χ1n) is 5.54. The summed E-state index contributed by atoms with van der Waals surface area (Å²) in [4.78, 5) is 0. The van der Waals surface area contributed by atoms with Crippen molar-refractivity contribution in [1.82, 2.24) is 0 Å². The largest absolute Gasteiger partial charge is 0.327 e. The minimum Gasteiger partial charge on any atom is -0.327 e. The van der Waals surface area contributed by atoms with Gasteiger partial charge in [0.2, 0.25) is 0 Å². The van der Waals surface area contributed by atoms with Gasteiger partial charge in [-0.25, -0.2) is 0 Å². The van der Waals surface area contributed by atoms with Gasteiger partial charge in [0.1, 0.15) is 0 Å². The van der Waals surface area contributed by atoms with E-state index >= 15 is 0 Å². The fraction of sp³-hybridized carbons (Fsp3) is 0.538. The third kappa shape index (κ3) is 1.05. The van der Waals surface area contributed by atoms with Gasteiger partial charge in [-0.1, -0.05) is 18.2 Å². The quantitative estimate of drug-likeness (QED) is 0.662. The van der Waals surface area contributed by atoms with Crippen molar-refractivity contribution in [3.8, 4) is 0 Å². The minimum absolute atomic E-state index is 0.482. The Balaban J connectivity index is 2.01. The second kappa shape index (κ2) is 2.60. The SMILES string of the molecule is Cc1cccc2c1CC1(CC2)CC1N. The van der Waals surface area contributed by atoms with Gasteiger partial charge in [-0.05, 0) is 54.7 Å². The molecular formula is C13H17N. The van der Waals surface area contributed by atoms with E-state index in [9.17, 15) is 0 Å². The third-order valence-electron chi connectivity index (χ3n) is 4.18. The van der Waals surface area contributed by atoms with Crippen molar-refractivity contribution in [2.24, 2.45) is 11.1 Å². The van der Waals surface area contributed by atoms with E-state index in [2.05, 4.69) is 25.1 Å². The highest BCUT2D eigenvalue weighted by atomic mass is 14.8. The summed E-state index contributed by atoms with van der Waals surface area (Å²) in [5, 5.41) is 0. The molecule has 0 amide bonds. The van der Waals surface area contributed by atoms with Gasteiger partial charge in [0.25, 0.3) is 0 Å². The molecule has 1 nitrogen and oxygen atoms in total. The molecule has 2 aliphatic rings. The van der Waals surface area contributed by atoms with Gasteiger partial charge >= 0.3 is 0 Å². The number of benzene rings is 1. The standard InChI is InChI=1S/C13H17N/c1-9-3-2-4-10-5-6-13(7-11(9)10)8-12(13)14/h2-4,12H,5-8,14H2,1H3. The zero-order chi connectivity index (χ0) is 9.76. The summed E-state index contributed by atoms with van der Waals surface area (Å²) in [5.41, 5.74) is 11.2. The Labute approximate surface area is 85.3 Å². The predicted molar refractivity (Wildman–Crippen MR) is 58.2 cm³/mol. The van der Waals surface area contributed by atoms with Crippen molar-refractivity contribution in [1.29, 1.82) is 0 Å². The number of fused-ring (bicyclic) bond motifs is 1. The molecule has 2 N–H and O–H groups in total. The molecule has 1 spiro atoms. The predicted octanol–water partition coefficient (Wildman–Crippen LogP) is 2.20. The number of rotatable bonds is 0. The smallest absolute Gasteiger partial charge is 0.0105 e. The molecule has 74 valence electrons. The van der Waals surface area contributed by atoms with Crippen LogP contribution in [0.4, 0.5) is 0 Å². The van der Waals surface area contributed by atoms with Crippen molar-refractivity contribution < 1.29 is 0 Å². The third-order valence-corrected chi connectivity index (χ3v) is 4.18. The average molecular weight is 187 g/mol. The molecular weight excluding hydrogens is 170 g/mol. The average Bonchev–Trinajstić information content (AvgIpc) is 2.78. The van der Waals surface area contributed by atoms with Crippen LogP contribution in [-0.2, 0) is 12.8 Å². The van der Waals surface area contributed by atoms with E-state index in [0.29, 0.717) is 11.5 Å². The summed E-state index contributed by atoms with van der Waals surface area (Å²) >= 11 is 0. The normalized spacial score (nSPS) is 34.3. The lowest BCUT2D eigenvalue weighted by Crippen LogP contribution is -2.23. The zero-order valence-corrected chi connectivity index (χ0v) is 8.72. The summed E-state index contributed by atoms with van der Waals surface area (Å²) in [6.45, 7) is 2.23. The Morgan fingerprint density at radius 1 is 1.43 bits per heavy atom. The lowest BCUT2D eigenvalue weighted by molar-refractivity contribution is 0.420. The van der Waals surface area contributed by atoms with E-state index in [4.69, 9.17) is 5.73 Å². The molecule has 14 heavy (non-hydrogen) atoms. The molecule has 2 aliphatic carbocycles. The van der Waals surface area contributed by atoms with Gasteiger partial charge in [0, 0.05) is 6.04 Å². The summed E-state index contributed by atoms with van der Waals surface area (Å²) in [5.74, 6) is 0. The minimum atomic E-state index is 0.482. The molecule has 1 aromatic rings. The molecule has 1 heteroatoms. The maximum Gasteiger partial charge on any atom is 0.0105 e. The highest BCUT2D eigenvalue weighted by Crippen LogP contribution is 2.53. The Morgan fingerprint density at radius 2 is 2.21 bits per heavy atom. The summed E-state index contributed by atoms with van der Waals surface area (Å²) in [6, 6.07) is 7.17. The molecule has 2 unspecified atom stereocenters. The Kier molecular flexibility index (Phi) is 1.58. The maximum absolute atomic E-state index is 6.04. The summed E-state index contributed by atoms with van der Waals surface area (Å²) in [6.07, 6.45) is 5.03. The van der Waals surface area contributed by atoms with Crippen LogP contribution in [0.1, 0.15) is 29.5 Å². The van der Waals surface area contributed by atoms with Crippen molar-refractivity contribution >= 4 is 0 Å². The first-order valence-corrected chi connectivity index (χ1v) is 5.54. The number of hydrogen-bond acceptors (Lipinski definition) is 1. The molecule has 0 heterocycles. The first kappa shape index (κ1) is 8.49. The van der Waals surface area contributed by atoms with Gasteiger partial charge in [-0.2, -0.15) is 0 Å². The molecule has 1 aromatic carbocycles. The highest BCUT2D eigenvalue weighted by molar-refractivity contribution is 5.39. The first-order chi connectivity index (χ1) is 6.71. The molecule has 2 atom stereocenters. The Bertz CT molecular complexity index is 383. The van der Waals surface area contributed by atoms with E-state index in [-0.39, 0.29) is 0 Å². The van der Waals surface area contributed by atoms with Gasteiger partial charge in [0.15, 0.2) is 0 Å². The van der Waals surface area contributed by atoms with Gasteiger partial charge < -0.3 is 5.73 Å². The van der Waals surface area contributed by atoms with Crippen molar-refractivity contribution in [3.05, 3.63) is 34.9 Å². The highest BCUT2D eigenvalue weighted by Gasteiger charge is 2.52. The van der Waals surface area contributed by atoms with Gasteiger partial charge in [-0.3, -0.25) is 0 Å². The monoisotopic (exact) mass is 187 g/mol. The Hall–Kier alpha value is -0.820. The van der Waals surface area contributed by atoms with Crippen molar-refractivity contribution in [2.75, 3.05) is 0 Å². The van der Waals surface area contributed by atoms with Crippen LogP contribution < -0.4 is 5.73 Å². The van der Waals surface area contributed by atoms with Crippen LogP contribution >= 0.6 is 0 Å². The lowest BCUT2D eigenvalue weighted by Gasteiger charge is -2.26. The van der Waals surface area contributed by atoms with E-state index < -0.39 is 0 Å². The van der Waals surface area contributed by atoms with E-state index in [0.717, 1.165) is 0 Å². The number of aryl methyl sites for hydroxylation is 2. The van der Waals surface area contributed by atoms with E-state index in [1.807, 2.05) is 0 Å².